The molecule has 2 N–H and O–H groups in total. The summed E-state index contributed by atoms with van der Waals surface area (Å²) in [6.07, 6.45) is 3.02. The fourth-order valence-electron chi connectivity index (χ4n) is 3.01. The van der Waals surface area contributed by atoms with Gasteiger partial charge in [0.1, 0.15) is 13.2 Å². The standard InChI is InChI=1S/C19H23N5O4/c25-18(20-3-4-24-5-7-26-8-6-24)14-12-21-19(22-13-14)23-15-1-2-16-17(11-15)28-10-9-27-16/h1-2,11-13H,3-10H2,(H,20,25)(H,21,22,23). The lowest BCUT2D eigenvalue weighted by molar-refractivity contribution is 0.0383. The van der Waals surface area contributed by atoms with Crippen LogP contribution in [0.1, 0.15) is 10.4 Å². The Morgan fingerprint density at radius 1 is 1.04 bits per heavy atom. The van der Waals surface area contributed by atoms with Crippen LogP contribution in [0.4, 0.5) is 11.6 Å². The van der Waals surface area contributed by atoms with Gasteiger partial charge in [-0.2, -0.15) is 0 Å². The summed E-state index contributed by atoms with van der Waals surface area (Å²) in [5, 5.41) is 6.00. The number of carbonyl (C=O) groups is 1. The van der Waals surface area contributed by atoms with Gasteiger partial charge in [-0.1, -0.05) is 0 Å². The number of anilines is 2. The Labute approximate surface area is 163 Å². The van der Waals surface area contributed by atoms with Gasteiger partial charge in [-0.15, -0.1) is 0 Å². The molecule has 148 valence electrons. The SMILES string of the molecule is O=C(NCCN1CCOCC1)c1cnc(Nc2ccc3c(c2)OCCO3)nc1. The van der Waals surface area contributed by atoms with E-state index < -0.39 is 0 Å². The zero-order valence-corrected chi connectivity index (χ0v) is 15.5. The van der Waals surface area contributed by atoms with Crippen LogP contribution < -0.4 is 20.1 Å². The van der Waals surface area contributed by atoms with Gasteiger partial charge in [-0.05, 0) is 12.1 Å². The van der Waals surface area contributed by atoms with Gasteiger partial charge >= 0.3 is 0 Å². The Morgan fingerprint density at radius 2 is 1.79 bits per heavy atom. The van der Waals surface area contributed by atoms with Crippen LogP contribution in [0.3, 0.4) is 0 Å². The van der Waals surface area contributed by atoms with Gasteiger partial charge in [-0.25, -0.2) is 9.97 Å². The van der Waals surface area contributed by atoms with Crippen LogP contribution in [0, 0.1) is 0 Å². The maximum Gasteiger partial charge on any atom is 0.254 e. The summed E-state index contributed by atoms with van der Waals surface area (Å²) in [6.45, 7) is 5.77. The van der Waals surface area contributed by atoms with Crippen LogP contribution >= 0.6 is 0 Å². The molecule has 1 saturated heterocycles. The highest BCUT2D eigenvalue weighted by atomic mass is 16.6. The second-order valence-corrected chi connectivity index (χ2v) is 6.49. The van der Waals surface area contributed by atoms with Crippen molar-refractivity contribution in [3.63, 3.8) is 0 Å². The van der Waals surface area contributed by atoms with Crippen LogP contribution in [-0.4, -0.2) is 73.4 Å². The second kappa shape index (κ2) is 8.85. The molecule has 1 aromatic heterocycles. The van der Waals surface area contributed by atoms with Gasteiger partial charge in [0, 0.05) is 50.3 Å². The van der Waals surface area contributed by atoms with Crippen molar-refractivity contribution < 1.29 is 19.0 Å². The quantitative estimate of drug-likeness (QED) is 0.762. The van der Waals surface area contributed by atoms with Crippen LogP contribution in [0.5, 0.6) is 11.5 Å². The summed E-state index contributed by atoms with van der Waals surface area (Å²) in [4.78, 5) is 22.9. The van der Waals surface area contributed by atoms with Crippen molar-refractivity contribution in [1.29, 1.82) is 0 Å². The van der Waals surface area contributed by atoms with E-state index in [0.717, 1.165) is 44.3 Å². The zero-order chi connectivity index (χ0) is 19.2. The summed E-state index contributed by atoms with van der Waals surface area (Å²) in [5.74, 6) is 1.63. The van der Waals surface area contributed by atoms with Gasteiger partial charge < -0.3 is 24.8 Å². The number of benzene rings is 1. The number of carbonyl (C=O) groups excluding carboxylic acids is 1. The number of ether oxygens (including phenoxy) is 3. The molecule has 3 heterocycles. The van der Waals surface area contributed by atoms with Crippen molar-refractivity contribution >= 4 is 17.5 Å². The lowest BCUT2D eigenvalue weighted by Gasteiger charge is -2.26. The third kappa shape index (κ3) is 4.68. The molecule has 1 fully saturated rings. The number of hydrogen-bond acceptors (Lipinski definition) is 8. The molecule has 9 heteroatoms. The van der Waals surface area contributed by atoms with E-state index in [1.54, 1.807) is 0 Å². The van der Waals surface area contributed by atoms with Crippen LogP contribution in [-0.2, 0) is 4.74 Å². The third-order valence-corrected chi connectivity index (χ3v) is 4.53. The molecule has 2 aliphatic heterocycles. The minimum Gasteiger partial charge on any atom is -0.486 e. The van der Waals surface area contributed by atoms with E-state index in [-0.39, 0.29) is 5.91 Å². The molecule has 2 aliphatic rings. The largest absolute Gasteiger partial charge is 0.486 e. The van der Waals surface area contributed by atoms with Gasteiger partial charge in [0.2, 0.25) is 5.95 Å². The van der Waals surface area contributed by atoms with Crippen molar-refractivity contribution in [1.82, 2.24) is 20.2 Å². The number of morpholine rings is 1. The Morgan fingerprint density at radius 3 is 2.57 bits per heavy atom. The fraction of sp³-hybridized carbons (Fsp3) is 0.421. The van der Waals surface area contributed by atoms with E-state index in [2.05, 4.69) is 25.5 Å². The molecule has 1 amide bonds. The monoisotopic (exact) mass is 385 g/mol. The van der Waals surface area contributed by atoms with E-state index in [9.17, 15) is 4.79 Å². The first-order valence-corrected chi connectivity index (χ1v) is 9.35. The number of amides is 1. The lowest BCUT2D eigenvalue weighted by Crippen LogP contribution is -2.41. The first-order valence-electron chi connectivity index (χ1n) is 9.35. The molecule has 1 aromatic carbocycles. The van der Waals surface area contributed by atoms with E-state index in [4.69, 9.17) is 14.2 Å². The van der Waals surface area contributed by atoms with Crippen molar-refractivity contribution in [2.45, 2.75) is 0 Å². The van der Waals surface area contributed by atoms with Crippen LogP contribution in [0.25, 0.3) is 0 Å². The molecule has 2 aromatic rings. The second-order valence-electron chi connectivity index (χ2n) is 6.49. The van der Waals surface area contributed by atoms with Gasteiger partial charge in [0.25, 0.3) is 5.91 Å². The minimum atomic E-state index is -0.181. The predicted molar refractivity (Wildman–Crippen MR) is 102 cm³/mol. The molecule has 9 nitrogen and oxygen atoms in total. The number of fused-ring (bicyclic) bond motifs is 1. The third-order valence-electron chi connectivity index (χ3n) is 4.53. The van der Waals surface area contributed by atoms with Gasteiger partial charge in [-0.3, -0.25) is 9.69 Å². The Hall–Kier alpha value is -2.91. The molecule has 0 saturated carbocycles. The minimum absolute atomic E-state index is 0.181. The van der Waals surface area contributed by atoms with Crippen molar-refractivity contribution in [2.24, 2.45) is 0 Å². The maximum atomic E-state index is 12.2. The summed E-state index contributed by atoms with van der Waals surface area (Å²) in [7, 11) is 0. The van der Waals surface area contributed by atoms with Crippen molar-refractivity contribution in [3.05, 3.63) is 36.2 Å². The molecule has 4 rings (SSSR count). The van der Waals surface area contributed by atoms with Crippen LogP contribution in [0.2, 0.25) is 0 Å². The maximum absolute atomic E-state index is 12.2. The topological polar surface area (TPSA) is 97.8 Å². The van der Waals surface area contributed by atoms with Gasteiger partial charge in [0.05, 0.1) is 18.8 Å². The zero-order valence-electron chi connectivity index (χ0n) is 15.5. The molecule has 0 aliphatic carbocycles. The Kier molecular flexibility index (Phi) is 5.83. The van der Waals surface area contributed by atoms with E-state index in [1.165, 1.54) is 12.4 Å². The van der Waals surface area contributed by atoms with Crippen LogP contribution in [0.15, 0.2) is 30.6 Å². The molecule has 0 atom stereocenters. The number of rotatable bonds is 6. The molecular weight excluding hydrogens is 362 g/mol. The molecule has 0 spiro atoms. The average Bonchev–Trinajstić information content (AvgIpc) is 2.75. The predicted octanol–water partition coefficient (Wildman–Crippen LogP) is 1.05. The summed E-state index contributed by atoms with van der Waals surface area (Å²) >= 11 is 0. The Balaban J connectivity index is 1.29. The highest BCUT2D eigenvalue weighted by Gasteiger charge is 2.13. The molecule has 28 heavy (non-hydrogen) atoms. The lowest BCUT2D eigenvalue weighted by atomic mass is 10.2. The average molecular weight is 385 g/mol. The van der Waals surface area contributed by atoms with Crippen molar-refractivity contribution in [3.8, 4) is 11.5 Å². The normalized spacial score (nSPS) is 16.4. The van der Waals surface area contributed by atoms with E-state index in [1.807, 2.05) is 18.2 Å². The highest BCUT2D eigenvalue weighted by Crippen LogP contribution is 2.33. The summed E-state index contributed by atoms with van der Waals surface area (Å²) in [6, 6.07) is 5.54. The summed E-state index contributed by atoms with van der Waals surface area (Å²) < 4.78 is 16.4. The highest BCUT2D eigenvalue weighted by molar-refractivity contribution is 5.93. The molecule has 0 radical (unpaired) electrons. The fourth-order valence-corrected chi connectivity index (χ4v) is 3.01. The molecular formula is C19H23N5O4. The Bertz CT molecular complexity index is 808. The van der Waals surface area contributed by atoms with Gasteiger partial charge in [0.15, 0.2) is 11.5 Å². The molecule has 0 unspecified atom stereocenters. The number of hydrogen-bond donors (Lipinski definition) is 2. The van der Waals surface area contributed by atoms with Crippen molar-refractivity contribution in [2.75, 3.05) is 57.9 Å². The number of nitrogens with one attached hydrogen (secondary N) is 2. The summed E-state index contributed by atoms with van der Waals surface area (Å²) in [5.41, 5.74) is 1.21. The number of nitrogens with zero attached hydrogens (tertiary/aromatic N) is 3. The number of aromatic nitrogens is 2. The molecule has 0 bridgehead atoms. The smallest absolute Gasteiger partial charge is 0.254 e. The van der Waals surface area contributed by atoms with E-state index in [0.29, 0.717) is 37.0 Å². The first-order chi connectivity index (χ1) is 13.8. The first kappa shape index (κ1) is 18.5. The van der Waals surface area contributed by atoms with E-state index >= 15 is 0 Å².